The molecular formula is C10H10N2O. The van der Waals surface area contributed by atoms with Crippen LogP contribution in [0, 0.1) is 0 Å². The largest absolute Gasteiger partial charge is 0.476 e. The van der Waals surface area contributed by atoms with Crippen LogP contribution in [0.3, 0.4) is 0 Å². The van der Waals surface area contributed by atoms with E-state index >= 15 is 0 Å². The summed E-state index contributed by atoms with van der Waals surface area (Å²) in [5.41, 5.74) is 2.24. The van der Waals surface area contributed by atoms with Crippen molar-refractivity contribution in [3.63, 3.8) is 0 Å². The van der Waals surface area contributed by atoms with Gasteiger partial charge in [-0.1, -0.05) is 12.1 Å². The Labute approximate surface area is 76.4 Å². The van der Waals surface area contributed by atoms with Crippen LogP contribution in [0.15, 0.2) is 36.6 Å². The lowest BCUT2D eigenvalue weighted by Gasteiger charge is -2.29. The molecule has 3 heteroatoms. The zero-order valence-electron chi connectivity index (χ0n) is 7.03. The van der Waals surface area contributed by atoms with E-state index < -0.39 is 0 Å². The summed E-state index contributed by atoms with van der Waals surface area (Å²) in [6.45, 7) is 0. The number of hydrogen-bond donors (Lipinski definition) is 2. The van der Waals surface area contributed by atoms with E-state index in [1.54, 1.807) is 6.26 Å². The van der Waals surface area contributed by atoms with Gasteiger partial charge in [-0.25, -0.2) is 0 Å². The third-order valence-corrected chi connectivity index (χ3v) is 2.38. The molecule has 0 radical (unpaired) electrons. The Balaban J connectivity index is 2.00. The number of nitrogens with one attached hydrogen (secondary N) is 2. The zero-order valence-corrected chi connectivity index (χ0v) is 7.03. The molecule has 0 saturated heterocycles. The van der Waals surface area contributed by atoms with Gasteiger partial charge < -0.3 is 15.4 Å². The zero-order chi connectivity index (χ0) is 8.67. The van der Waals surface area contributed by atoms with Crippen LogP contribution in [-0.2, 0) is 4.74 Å². The molecule has 3 nitrogen and oxygen atoms in total. The highest BCUT2D eigenvalue weighted by Gasteiger charge is 2.29. The van der Waals surface area contributed by atoms with E-state index in [1.807, 2.05) is 24.3 Å². The second kappa shape index (κ2) is 2.42. The Morgan fingerprint density at radius 2 is 1.85 bits per heavy atom. The maximum atomic E-state index is 5.36. The molecular weight excluding hydrogens is 164 g/mol. The quantitative estimate of drug-likeness (QED) is 0.628. The number of para-hydroxylation sites is 2. The van der Waals surface area contributed by atoms with E-state index in [-0.39, 0.29) is 12.3 Å². The summed E-state index contributed by atoms with van der Waals surface area (Å²) in [5, 5.41) is 6.70. The van der Waals surface area contributed by atoms with Crippen molar-refractivity contribution in [1.82, 2.24) is 0 Å². The fourth-order valence-corrected chi connectivity index (χ4v) is 1.72. The first-order chi connectivity index (χ1) is 6.43. The molecule has 0 aromatic heterocycles. The minimum absolute atomic E-state index is 0.0508. The van der Waals surface area contributed by atoms with Crippen molar-refractivity contribution in [3.8, 4) is 0 Å². The van der Waals surface area contributed by atoms with Crippen molar-refractivity contribution >= 4 is 11.4 Å². The third-order valence-electron chi connectivity index (χ3n) is 2.38. The van der Waals surface area contributed by atoms with E-state index in [0.29, 0.717) is 0 Å². The molecule has 0 amide bonds. The van der Waals surface area contributed by atoms with Gasteiger partial charge in [0, 0.05) is 0 Å². The molecule has 2 atom stereocenters. The molecule has 1 aromatic rings. The van der Waals surface area contributed by atoms with Crippen molar-refractivity contribution in [2.45, 2.75) is 12.3 Å². The molecule has 2 heterocycles. The molecule has 2 aliphatic heterocycles. The van der Waals surface area contributed by atoms with Gasteiger partial charge in [0.1, 0.15) is 6.04 Å². The van der Waals surface area contributed by atoms with Gasteiger partial charge in [0.15, 0.2) is 6.23 Å². The fourth-order valence-electron chi connectivity index (χ4n) is 1.72. The lowest BCUT2D eigenvalue weighted by atomic mass is 10.1. The summed E-state index contributed by atoms with van der Waals surface area (Å²) in [5.74, 6) is 0. The Kier molecular flexibility index (Phi) is 1.27. The SMILES string of the molecule is C1=C[C@H]2Nc3ccccc3N[C@H]2O1. The first-order valence-corrected chi connectivity index (χ1v) is 4.38. The van der Waals surface area contributed by atoms with E-state index in [9.17, 15) is 0 Å². The third kappa shape index (κ3) is 0.967. The van der Waals surface area contributed by atoms with Crippen molar-refractivity contribution in [1.29, 1.82) is 0 Å². The molecule has 3 rings (SSSR count). The van der Waals surface area contributed by atoms with Crippen molar-refractivity contribution in [2.24, 2.45) is 0 Å². The summed E-state index contributed by atoms with van der Waals surface area (Å²) in [6.07, 6.45) is 3.81. The van der Waals surface area contributed by atoms with E-state index in [0.717, 1.165) is 11.4 Å². The van der Waals surface area contributed by atoms with Crippen LogP contribution >= 0.6 is 0 Å². The Morgan fingerprint density at radius 3 is 2.69 bits per heavy atom. The minimum Gasteiger partial charge on any atom is -0.476 e. The average Bonchev–Trinajstić information content (AvgIpc) is 2.61. The smallest absolute Gasteiger partial charge is 0.193 e. The number of anilines is 2. The Morgan fingerprint density at radius 1 is 1.08 bits per heavy atom. The topological polar surface area (TPSA) is 33.3 Å². The number of hydrogen-bond acceptors (Lipinski definition) is 3. The number of rotatable bonds is 0. The lowest BCUT2D eigenvalue weighted by molar-refractivity contribution is 0.186. The molecule has 0 saturated carbocycles. The van der Waals surface area contributed by atoms with Gasteiger partial charge in [-0.3, -0.25) is 0 Å². The van der Waals surface area contributed by atoms with Crippen molar-refractivity contribution < 1.29 is 4.74 Å². The van der Waals surface area contributed by atoms with Crippen molar-refractivity contribution in [3.05, 3.63) is 36.6 Å². The molecule has 13 heavy (non-hydrogen) atoms. The lowest BCUT2D eigenvalue weighted by Crippen LogP contribution is -2.39. The molecule has 0 unspecified atom stereocenters. The normalized spacial score (nSPS) is 28.0. The van der Waals surface area contributed by atoms with Crippen LogP contribution in [0.2, 0.25) is 0 Å². The average molecular weight is 174 g/mol. The van der Waals surface area contributed by atoms with E-state index in [1.165, 1.54) is 0 Å². The van der Waals surface area contributed by atoms with Gasteiger partial charge in [0.25, 0.3) is 0 Å². The fraction of sp³-hybridized carbons (Fsp3) is 0.200. The van der Waals surface area contributed by atoms with Gasteiger partial charge in [0.2, 0.25) is 0 Å². The van der Waals surface area contributed by atoms with Crippen LogP contribution < -0.4 is 10.6 Å². The van der Waals surface area contributed by atoms with Crippen molar-refractivity contribution in [2.75, 3.05) is 10.6 Å². The standard InChI is InChI=1S/C10H10N2O/c1-2-4-8-7(3-1)11-9-5-6-13-10(9)12-8/h1-6,9-12H/t9-,10+/m1/s1. The Hall–Kier alpha value is -1.64. The monoisotopic (exact) mass is 174 g/mol. The highest BCUT2D eigenvalue weighted by molar-refractivity contribution is 5.72. The van der Waals surface area contributed by atoms with Crippen LogP contribution in [0.1, 0.15) is 0 Å². The highest BCUT2D eigenvalue weighted by Crippen LogP contribution is 2.30. The number of benzene rings is 1. The molecule has 66 valence electrons. The maximum absolute atomic E-state index is 5.36. The van der Waals surface area contributed by atoms with Gasteiger partial charge in [-0.2, -0.15) is 0 Å². The molecule has 0 bridgehead atoms. The molecule has 0 spiro atoms. The summed E-state index contributed by atoms with van der Waals surface area (Å²) in [6, 6.07) is 8.39. The predicted octanol–water partition coefficient (Wildman–Crippen LogP) is 1.76. The maximum Gasteiger partial charge on any atom is 0.193 e. The summed E-state index contributed by atoms with van der Waals surface area (Å²) < 4.78 is 5.36. The van der Waals surface area contributed by atoms with Crippen LogP contribution in [0.4, 0.5) is 11.4 Å². The molecule has 0 fully saturated rings. The van der Waals surface area contributed by atoms with Gasteiger partial charge >= 0.3 is 0 Å². The first-order valence-electron chi connectivity index (χ1n) is 4.38. The molecule has 0 aliphatic carbocycles. The summed E-state index contributed by atoms with van der Waals surface area (Å²) in [4.78, 5) is 0. The first kappa shape index (κ1) is 6.83. The Bertz CT molecular complexity index is 362. The van der Waals surface area contributed by atoms with Gasteiger partial charge in [0.05, 0.1) is 17.6 Å². The van der Waals surface area contributed by atoms with E-state index in [2.05, 4.69) is 16.7 Å². The van der Waals surface area contributed by atoms with E-state index in [4.69, 9.17) is 4.74 Å². The number of ether oxygens (including phenoxy) is 1. The second-order valence-electron chi connectivity index (χ2n) is 3.25. The van der Waals surface area contributed by atoms with Crippen LogP contribution in [0.25, 0.3) is 0 Å². The molecule has 1 aromatic carbocycles. The van der Waals surface area contributed by atoms with Gasteiger partial charge in [-0.05, 0) is 18.2 Å². The van der Waals surface area contributed by atoms with Crippen LogP contribution in [-0.4, -0.2) is 12.3 Å². The number of fused-ring (bicyclic) bond motifs is 2. The predicted molar refractivity (Wildman–Crippen MR) is 51.5 cm³/mol. The summed E-state index contributed by atoms with van der Waals surface area (Å²) in [7, 11) is 0. The second-order valence-corrected chi connectivity index (χ2v) is 3.25. The molecule has 2 N–H and O–H groups in total. The highest BCUT2D eigenvalue weighted by atomic mass is 16.5. The van der Waals surface area contributed by atoms with Gasteiger partial charge in [-0.15, -0.1) is 0 Å². The van der Waals surface area contributed by atoms with Crippen LogP contribution in [0.5, 0.6) is 0 Å². The molecule has 2 aliphatic rings. The summed E-state index contributed by atoms with van der Waals surface area (Å²) >= 11 is 0. The minimum atomic E-state index is 0.0508.